The number of rotatable bonds is 7. The van der Waals surface area contributed by atoms with Crippen LogP contribution in [0.5, 0.6) is 0 Å². The summed E-state index contributed by atoms with van der Waals surface area (Å²) < 4.78 is 4.89. The summed E-state index contributed by atoms with van der Waals surface area (Å²) in [5, 5.41) is 0. The van der Waals surface area contributed by atoms with Gasteiger partial charge in [-0.3, -0.25) is 14.5 Å². The first kappa shape index (κ1) is 15.4. The van der Waals surface area contributed by atoms with Gasteiger partial charge < -0.3 is 9.64 Å². The molecule has 2 heterocycles. The summed E-state index contributed by atoms with van der Waals surface area (Å²) in [7, 11) is 0. The van der Waals surface area contributed by atoms with Crippen LogP contribution in [0.25, 0.3) is 0 Å². The molecule has 2 fully saturated rings. The smallest absolute Gasteiger partial charge is 0.255 e. The molecule has 0 aromatic rings. The van der Waals surface area contributed by atoms with Gasteiger partial charge in [0.2, 0.25) is 0 Å². The molecule has 5 heteroatoms. The minimum atomic E-state index is -0.186. The number of imide groups is 1. The average molecular weight is 282 g/mol. The average Bonchev–Trinajstić information content (AvgIpc) is 2.46. The van der Waals surface area contributed by atoms with Crippen molar-refractivity contribution in [1.82, 2.24) is 9.80 Å². The van der Waals surface area contributed by atoms with Crippen LogP contribution in [0, 0.1) is 0 Å². The molecule has 20 heavy (non-hydrogen) atoms. The standard InChI is InChI=1S/C15H26N2O3/c18-14-12-20-13-15(19)17(14)11-7-2-1-4-8-16-9-5-3-6-10-16/h1-13H2. The van der Waals surface area contributed by atoms with Crippen molar-refractivity contribution in [2.24, 2.45) is 0 Å². The SMILES string of the molecule is O=C1COCC(=O)N1CCCCCCN1CCCCC1. The van der Waals surface area contributed by atoms with Gasteiger partial charge in [0, 0.05) is 6.54 Å². The highest BCUT2D eigenvalue weighted by Gasteiger charge is 2.25. The molecule has 5 nitrogen and oxygen atoms in total. The highest BCUT2D eigenvalue weighted by atomic mass is 16.5. The van der Waals surface area contributed by atoms with Crippen molar-refractivity contribution in [3.05, 3.63) is 0 Å². The molecule has 2 aliphatic rings. The van der Waals surface area contributed by atoms with E-state index >= 15 is 0 Å². The number of carbonyl (C=O) groups is 2. The predicted octanol–water partition coefficient (Wildman–Crippen LogP) is 1.42. The molecule has 0 aromatic carbocycles. The molecule has 0 spiro atoms. The molecule has 0 saturated carbocycles. The largest absolute Gasteiger partial charge is 0.362 e. The Bertz CT molecular complexity index is 311. The van der Waals surface area contributed by atoms with E-state index in [1.807, 2.05) is 0 Å². The molecule has 2 rings (SSSR count). The Kier molecular flexibility index (Phi) is 6.47. The number of carbonyl (C=O) groups excluding carboxylic acids is 2. The second-order valence-electron chi connectivity index (χ2n) is 5.75. The van der Waals surface area contributed by atoms with E-state index in [-0.39, 0.29) is 25.0 Å². The molecular formula is C15H26N2O3. The zero-order chi connectivity index (χ0) is 14.2. The summed E-state index contributed by atoms with van der Waals surface area (Å²) in [6.07, 6.45) is 8.50. The van der Waals surface area contributed by atoms with Crippen LogP contribution in [-0.2, 0) is 14.3 Å². The fourth-order valence-corrected chi connectivity index (χ4v) is 2.91. The van der Waals surface area contributed by atoms with Crippen LogP contribution < -0.4 is 0 Å². The number of ether oxygens (including phenoxy) is 1. The predicted molar refractivity (Wildman–Crippen MR) is 76.3 cm³/mol. The number of piperidine rings is 1. The molecule has 0 radical (unpaired) electrons. The maximum atomic E-state index is 11.5. The number of likely N-dealkylation sites (tertiary alicyclic amines) is 1. The molecule has 2 amide bonds. The Hall–Kier alpha value is -0.940. The summed E-state index contributed by atoms with van der Waals surface area (Å²) in [5.74, 6) is -0.371. The fourth-order valence-electron chi connectivity index (χ4n) is 2.91. The summed E-state index contributed by atoms with van der Waals surface area (Å²) in [6, 6.07) is 0. The van der Waals surface area contributed by atoms with Gasteiger partial charge in [-0.2, -0.15) is 0 Å². The topological polar surface area (TPSA) is 49.9 Å². The second kappa shape index (κ2) is 8.37. The van der Waals surface area contributed by atoms with Crippen LogP contribution in [-0.4, -0.2) is 61.0 Å². The highest BCUT2D eigenvalue weighted by molar-refractivity contribution is 5.98. The second-order valence-corrected chi connectivity index (χ2v) is 5.75. The Balaban J connectivity index is 1.50. The van der Waals surface area contributed by atoms with Gasteiger partial charge in [-0.05, 0) is 45.3 Å². The van der Waals surface area contributed by atoms with Crippen LogP contribution in [0.1, 0.15) is 44.9 Å². The van der Waals surface area contributed by atoms with Gasteiger partial charge in [0.05, 0.1) is 0 Å². The minimum absolute atomic E-state index is 0.0562. The number of hydrogen-bond acceptors (Lipinski definition) is 4. The molecule has 0 aliphatic carbocycles. The van der Waals surface area contributed by atoms with Crippen molar-refractivity contribution < 1.29 is 14.3 Å². The lowest BCUT2D eigenvalue weighted by Gasteiger charge is -2.26. The Morgan fingerprint density at radius 2 is 1.40 bits per heavy atom. The maximum absolute atomic E-state index is 11.5. The van der Waals surface area contributed by atoms with E-state index in [1.54, 1.807) is 0 Å². The first-order valence-electron chi connectivity index (χ1n) is 7.90. The fraction of sp³-hybridized carbons (Fsp3) is 0.867. The molecule has 114 valence electrons. The van der Waals surface area contributed by atoms with Crippen LogP contribution in [0.2, 0.25) is 0 Å². The molecule has 0 unspecified atom stereocenters. The van der Waals surface area contributed by atoms with Crippen molar-refractivity contribution in [2.75, 3.05) is 39.4 Å². The number of unbranched alkanes of at least 4 members (excludes halogenated alkanes) is 3. The van der Waals surface area contributed by atoms with Crippen molar-refractivity contribution >= 4 is 11.8 Å². The van der Waals surface area contributed by atoms with Gasteiger partial charge in [-0.1, -0.05) is 19.3 Å². The van der Waals surface area contributed by atoms with Gasteiger partial charge in [-0.25, -0.2) is 0 Å². The lowest BCUT2D eigenvalue weighted by molar-refractivity contribution is -0.158. The van der Waals surface area contributed by atoms with Crippen molar-refractivity contribution in [1.29, 1.82) is 0 Å². The molecule has 0 bridgehead atoms. The van der Waals surface area contributed by atoms with Gasteiger partial charge in [-0.15, -0.1) is 0 Å². The first-order valence-corrected chi connectivity index (χ1v) is 7.90. The number of hydrogen-bond donors (Lipinski definition) is 0. The van der Waals surface area contributed by atoms with E-state index in [9.17, 15) is 9.59 Å². The Morgan fingerprint density at radius 1 is 0.800 bits per heavy atom. The van der Waals surface area contributed by atoms with Crippen molar-refractivity contribution in [3.63, 3.8) is 0 Å². The first-order chi connectivity index (χ1) is 9.77. The van der Waals surface area contributed by atoms with E-state index in [0.717, 1.165) is 12.8 Å². The van der Waals surface area contributed by atoms with E-state index in [2.05, 4.69) is 4.90 Å². The van der Waals surface area contributed by atoms with E-state index in [4.69, 9.17) is 4.74 Å². The third kappa shape index (κ3) is 4.87. The third-order valence-corrected chi connectivity index (χ3v) is 4.11. The van der Waals surface area contributed by atoms with Gasteiger partial charge in [0.25, 0.3) is 11.8 Å². The summed E-state index contributed by atoms with van der Waals surface area (Å²) >= 11 is 0. The third-order valence-electron chi connectivity index (χ3n) is 4.11. The monoisotopic (exact) mass is 282 g/mol. The number of amides is 2. The molecule has 0 aromatic heterocycles. The van der Waals surface area contributed by atoms with Crippen molar-refractivity contribution in [3.8, 4) is 0 Å². The number of morpholine rings is 1. The number of nitrogens with zero attached hydrogens (tertiary/aromatic N) is 2. The van der Waals surface area contributed by atoms with Crippen LogP contribution in [0.4, 0.5) is 0 Å². The zero-order valence-corrected chi connectivity index (χ0v) is 12.3. The quantitative estimate of drug-likeness (QED) is 0.523. The Morgan fingerprint density at radius 3 is 2.05 bits per heavy atom. The normalized spacial score (nSPS) is 21.5. The van der Waals surface area contributed by atoms with Crippen molar-refractivity contribution in [2.45, 2.75) is 44.9 Å². The van der Waals surface area contributed by atoms with Crippen LogP contribution in [0.15, 0.2) is 0 Å². The van der Waals surface area contributed by atoms with Gasteiger partial charge in [0.15, 0.2) is 0 Å². The Labute approximate surface area is 121 Å². The highest BCUT2D eigenvalue weighted by Crippen LogP contribution is 2.11. The van der Waals surface area contributed by atoms with Gasteiger partial charge in [0.1, 0.15) is 13.2 Å². The molecular weight excluding hydrogens is 256 g/mol. The van der Waals surface area contributed by atoms with E-state index in [0.29, 0.717) is 6.54 Å². The van der Waals surface area contributed by atoms with Crippen LogP contribution >= 0.6 is 0 Å². The summed E-state index contributed by atoms with van der Waals surface area (Å²) in [4.78, 5) is 26.9. The van der Waals surface area contributed by atoms with E-state index < -0.39 is 0 Å². The molecule has 2 aliphatic heterocycles. The van der Waals surface area contributed by atoms with Gasteiger partial charge >= 0.3 is 0 Å². The van der Waals surface area contributed by atoms with E-state index in [1.165, 1.54) is 56.6 Å². The van der Waals surface area contributed by atoms with Crippen LogP contribution in [0.3, 0.4) is 0 Å². The zero-order valence-electron chi connectivity index (χ0n) is 12.3. The summed E-state index contributed by atoms with van der Waals surface area (Å²) in [6.45, 7) is 4.40. The molecule has 2 saturated heterocycles. The minimum Gasteiger partial charge on any atom is -0.362 e. The summed E-state index contributed by atoms with van der Waals surface area (Å²) in [5.41, 5.74) is 0. The molecule has 0 N–H and O–H groups in total. The molecule has 0 atom stereocenters. The lowest BCUT2D eigenvalue weighted by atomic mass is 10.1. The maximum Gasteiger partial charge on any atom is 0.255 e. The lowest BCUT2D eigenvalue weighted by Crippen LogP contribution is -2.46.